The van der Waals surface area contributed by atoms with E-state index in [1.54, 1.807) is 0 Å². The van der Waals surface area contributed by atoms with Crippen LogP contribution in [0.25, 0.3) is 0 Å². The molecule has 0 spiro atoms. The summed E-state index contributed by atoms with van der Waals surface area (Å²) in [4.78, 5) is 21.4. The van der Waals surface area contributed by atoms with Crippen LogP contribution >= 0.6 is 24.0 Å². The summed E-state index contributed by atoms with van der Waals surface area (Å²) in [6.07, 6.45) is 6.09. The molecule has 2 saturated heterocycles. The number of likely N-dealkylation sites (tertiary alicyclic amines) is 2. The molecule has 7 heteroatoms. The van der Waals surface area contributed by atoms with Crippen LogP contribution < -0.4 is 10.6 Å². The van der Waals surface area contributed by atoms with E-state index in [4.69, 9.17) is 4.99 Å². The van der Waals surface area contributed by atoms with Crippen LogP contribution in [0.2, 0.25) is 0 Å². The molecule has 2 rings (SSSR count). The maximum absolute atomic E-state index is 12.1. The van der Waals surface area contributed by atoms with Gasteiger partial charge in [-0.3, -0.25) is 9.79 Å². The second-order valence-electron chi connectivity index (χ2n) is 7.59. The molecule has 2 heterocycles. The van der Waals surface area contributed by atoms with Crippen molar-refractivity contribution in [2.75, 3.05) is 45.8 Å². The number of hydrogen-bond acceptors (Lipinski definition) is 3. The van der Waals surface area contributed by atoms with Crippen LogP contribution in [0.3, 0.4) is 0 Å². The third kappa shape index (κ3) is 7.98. The quantitative estimate of drug-likeness (QED) is 0.243. The number of rotatable bonds is 8. The first-order valence-corrected chi connectivity index (χ1v) is 10.2. The van der Waals surface area contributed by atoms with E-state index >= 15 is 0 Å². The summed E-state index contributed by atoms with van der Waals surface area (Å²) < 4.78 is 0. The van der Waals surface area contributed by atoms with Crippen LogP contribution in [-0.4, -0.2) is 73.5 Å². The van der Waals surface area contributed by atoms with Gasteiger partial charge in [0.05, 0.1) is 0 Å². The Morgan fingerprint density at radius 3 is 2.58 bits per heavy atom. The summed E-state index contributed by atoms with van der Waals surface area (Å²) in [7, 11) is 0. The second-order valence-corrected chi connectivity index (χ2v) is 7.59. The molecule has 2 fully saturated rings. The highest BCUT2D eigenvalue weighted by Gasteiger charge is 2.27. The van der Waals surface area contributed by atoms with Crippen LogP contribution in [0, 0.1) is 5.92 Å². The highest BCUT2D eigenvalue weighted by molar-refractivity contribution is 14.0. The summed E-state index contributed by atoms with van der Waals surface area (Å²) in [5.74, 6) is 1.23. The van der Waals surface area contributed by atoms with Crippen molar-refractivity contribution in [3.8, 4) is 0 Å². The normalized spacial score (nSPS) is 21.2. The van der Waals surface area contributed by atoms with Crippen molar-refractivity contribution in [3.05, 3.63) is 0 Å². The van der Waals surface area contributed by atoms with Crippen molar-refractivity contribution in [2.24, 2.45) is 10.9 Å². The van der Waals surface area contributed by atoms with Crippen molar-refractivity contribution in [2.45, 2.75) is 58.9 Å². The van der Waals surface area contributed by atoms with Crippen molar-refractivity contribution in [1.82, 2.24) is 20.4 Å². The molecule has 0 saturated carbocycles. The van der Waals surface area contributed by atoms with Crippen LogP contribution in [0.1, 0.15) is 52.9 Å². The highest BCUT2D eigenvalue weighted by atomic mass is 127. The van der Waals surface area contributed by atoms with Crippen molar-refractivity contribution in [3.63, 3.8) is 0 Å². The molecule has 2 aliphatic heterocycles. The molecule has 26 heavy (non-hydrogen) atoms. The Bertz CT molecular complexity index is 438. The largest absolute Gasteiger partial charge is 0.357 e. The Morgan fingerprint density at radius 1 is 1.19 bits per heavy atom. The molecule has 0 aromatic rings. The van der Waals surface area contributed by atoms with E-state index in [9.17, 15) is 4.79 Å². The van der Waals surface area contributed by atoms with E-state index in [-0.39, 0.29) is 35.8 Å². The Hall–Kier alpha value is -0.570. The highest BCUT2D eigenvalue weighted by Crippen LogP contribution is 2.13. The van der Waals surface area contributed by atoms with Crippen LogP contribution in [0.5, 0.6) is 0 Å². The zero-order valence-corrected chi connectivity index (χ0v) is 19.1. The zero-order valence-electron chi connectivity index (χ0n) is 16.8. The summed E-state index contributed by atoms with van der Waals surface area (Å²) >= 11 is 0. The molecule has 1 atom stereocenters. The minimum atomic E-state index is 0. The molecule has 1 amide bonds. The first kappa shape index (κ1) is 23.5. The van der Waals surface area contributed by atoms with Gasteiger partial charge in [-0.1, -0.05) is 13.8 Å². The van der Waals surface area contributed by atoms with Crippen LogP contribution in [0.4, 0.5) is 0 Å². The maximum atomic E-state index is 12.1. The predicted octanol–water partition coefficient (Wildman–Crippen LogP) is 2.29. The monoisotopic (exact) mass is 479 g/mol. The fourth-order valence-electron chi connectivity index (χ4n) is 3.60. The van der Waals surface area contributed by atoms with Gasteiger partial charge in [-0.05, 0) is 58.7 Å². The molecule has 0 bridgehead atoms. The topological polar surface area (TPSA) is 60.0 Å². The first-order chi connectivity index (χ1) is 12.1. The number of carbonyl (C=O) groups is 1. The van der Waals surface area contributed by atoms with Crippen molar-refractivity contribution >= 4 is 35.8 Å². The standard InChI is InChI=1S/C19H37N5O.HI/c1-4-20-19(21-10-5-6-11-23-12-7-8-13-23)22-17-9-14-24(15-17)18(25)16(2)3;/h16-17H,4-15H2,1-3H3,(H2,20,21,22);1H. The molecule has 2 aliphatic rings. The van der Waals surface area contributed by atoms with Crippen LogP contribution in [-0.2, 0) is 4.79 Å². The maximum Gasteiger partial charge on any atom is 0.225 e. The van der Waals surface area contributed by atoms with Gasteiger partial charge in [0.2, 0.25) is 5.91 Å². The molecule has 2 N–H and O–H groups in total. The number of carbonyl (C=O) groups excluding carboxylic acids is 1. The van der Waals surface area contributed by atoms with E-state index in [0.29, 0.717) is 6.04 Å². The van der Waals surface area contributed by atoms with Gasteiger partial charge in [0, 0.05) is 38.1 Å². The van der Waals surface area contributed by atoms with Crippen molar-refractivity contribution < 1.29 is 4.79 Å². The Balaban J connectivity index is 0.00000338. The predicted molar refractivity (Wildman–Crippen MR) is 119 cm³/mol. The zero-order chi connectivity index (χ0) is 18.1. The summed E-state index contributed by atoms with van der Waals surface area (Å²) in [6.45, 7) is 13.2. The second kappa shape index (κ2) is 12.8. The minimum absolute atomic E-state index is 0. The Kier molecular flexibility index (Phi) is 11.5. The number of aliphatic imine (C=N–C) groups is 1. The Labute approximate surface area is 176 Å². The molecule has 1 unspecified atom stereocenters. The summed E-state index contributed by atoms with van der Waals surface area (Å²) in [6, 6.07) is 0.310. The van der Waals surface area contributed by atoms with Gasteiger partial charge in [0.25, 0.3) is 0 Å². The van der Waals surface area contributed by atoms with E-state index in [1.165, 1.54) is 38.9 Å². The average molecular weight is 479 g/mol. The van der Waals surface area contributed by atoms with Gasteiger partial charge < -0.3 is 20.4 Å². The molecule has 6 nitrogen and oxygen atoms in total. The van der Waals surface area contributed by atoms with Gasteiger partial charge in [-0.15, -0.1) is 24.0 Å². The van der Waals surface area contributed by atoms with E-state index in [2.05, 4.69) is 22.5 Å². The fraction of sp³-hybridized carbons (Fsp3) is 0.895. The van der Waals surface area contributed by atoms with Gasteiger partial charge >= 0.3 is 0 Å². The molecule has 152 valence electrons. The number of unbranched alkanes of at least 4 members (excludes halogenated alkanes) is 1. The van der Waals surface area contributed by atoms with Gasteiger partial charge in [-0.25, -0.2) is 0 Å². The van der Waals surface area contributed by atoms with E-state index < -0.39 is 0 Å². The lowest BCUT2D eigenvalue weighted by atomic mass is 10.2. The summed E-state index contributed by atoms with van der Waals surface area (Å²) in [5.41, 5.74) is 0. The average Bonchev–Trinajstić information content (AvgIpc) is 3.25. The van der Waals surface area contributed by atoms with Gasteiger partial charge in [0.1, 0.15) is 0 Å². The number of halogens is 1. The molecule has 0 aliphatic carbocycles. The third-order valence-electron chi connectivity index (χ3n) is 5.03. The smallest absolute Gasteiger partial charge is 0.225 e. The van der Waals surface area contributed by atoms with Crippen LogP contribution in [0.15, 0.2) is 4.99 Å². The van der Waals surface area contributed by atoms with E-state index in [1.807, 2.05) is 18.7 Å². The van der Waals surface area contributed by atoms with E-state index in [0.717, 1.165) is 45.0 Å². The lowest BCUT2D eigenvalue weighted by Gasteiger charge is -2.20. The number of nitrogens with zero attached hydrogens (tertiary/aromatic N) is 3. The molecular weight excluding hydrogens is 441 g/mol. The lowest BCUT2D eigenvalue weighted by Crippen LogP contribution is -2.45. The number of hydrogen-bond donors (Lipinski definition) is 2. The molecule has 0 radical (unpaired) electrons. The molecule has 0 aromatic carbocycles. The fourth-order valence-corrected chi connectivity index (χ4v) is 3.60. The number of amides is 1. The number of nitrogens with one attached hydrogen (secondary N) is 2. The Morgan fingerprint density at radius 2 is 1.92 bits per heavy atom. The third-order valence-corrected chi connectivity index (χ3v) is 5.03. The summed E-state index contributed by atoms with van der Waals surface area (Å²) in [5, 5.41) is 6.84. The van der Waals surface area contributed by atoms with Crippen molar-refractivity contribution in [1.29, 1.82) is 0 Å². The lowest BCUT2D eigenvalue weighted by molar-refractivity contribution is -0.133. The SMILES string of the molecule is CCNC(=NCCCCN1CCCC1)NC1CCN(C(=O)C(C)C)C1.I. The first-order valence-electron chi connectivity index (χ1n) is 10.2. The minimum Gasteiger partial charge on any atom is -0.357 e. The molecular formula is C19H38IN5O. The van der Waals surface area contributed by atoms with Gasteiger partial charge in [0.15, 0.2) is 5.96 Å². The number of guanidine groups is 1. The van der Waals surface area contributed by atoms with Gasteiger partial charge in [-0.2, -0.15) is 0 Å². The molecule has 0 aromatic heterocycles.